The summed E-state index contributed by atoms with van der Waals surface area (Å²) in [5.41, 5.74) is 25.0. The van der Waals surface area contributed by atoms with Gasteiger partial charge in [-0.15, -0.1) is 11.8 Å². The van der Waals surface area contributed by atoms with Crippen molar-refractivity contribution in [3.63, 3.8) is 0 Å². The summed E-state index contributed by atoms with van der Waals surface area (Å²) < 4.78 is 7.51. The quantitative estimate of drug-likeness (QED) is 0.0892. The van der Waals surface area contributed by atoms with Crippen LogP contribution >= 0.6 is 11.8 Å². The topological polar surface area (TPSA) is 22.2 Å². The van der Waals surface area contributed by atoms with Crippen LogP contribution in [-0.4, -0.2) is 48.9 Å². The summed E-state index contributed by atoms with van der Waals surface area (Å²) in [6.07, 6.45) is 19.7. The third-order valence-electron chi connectivity index (χ3n) is 25.4. The van der Waals surface area contributed by atoms with Gasteiger partial charge in [-0.2, -0.15) is 0 Å². The van der Waals surface area contributed by atoms with Gasteiger partial charge in [-0.25, -0.2) is 0 Å². The summed E-state index contributed by atoms with van der Waals surface area (Å²) in [6.45, 7) is 14.4. The second-order valence-corrected chi connectivity index (χ2v) is 34.7. The number of allylic oxidation sites excluding steroid dienone is 2. The monoisotopic (exact) mass is 1400 g/mol. The van der Waals surface area contributed by atoms with Gasteiger partial charge in [0, 0.05) is 97.4 Å². The van der Waals surface area contributed by atoms with Gasteiger partial charge in [0.2, 0.25) is 6.71 Å². The van der Waals surface area contributed by atoms with Crippen molar-refractivity contribution in [2.75, 3.05) is 19.6 Å². The molecule has 0 aromatic heterocycles. The van der Waals surface area contributed by atoms with Gasteiger partial charge in [-0.1, -0.05) is 290 Å². The maximum Gasteiger partial charge on any atom is 0.228 e. The molecule has 0 spiro atoms. The van der Waals surface area contributed by atoms with Crippen molar-refractivity contribution >= 4 is 70.2 Å². The van der Waals surface area contributed by atoms with E-state index in [2.05, 4.69) is 376 Å². The van der Waals surface area contributed by atoms with Gasteiger partial charge in [-0.3, -0.25) is 0 Å². The van der Waals surface area contributed by atoms with Gasteiger partial charge in [0.1, 0.15) is 11.5 Å². The first-order chi connectivity index (χ1) is 51.9. The van der Waals surface area contributed by atoms with Crippen LogP contribution in [0.2, 0.25) is 17.5 Å². The van der Waals surface area contributed by atoms with Crippen LogP contribution in [0.15, 0.2) is 319 Å². The largest absolute Gasteiger partial charge is 0.458 e. The van der Waals surface area contributed by atoms with Gasteiger partial charge >= 0.3 is 0 Å². The maximum absolute atomic E-state index is 7.51. The third kappa shape index (κ3) is 11.8. The number of nitrogens with zero attached hydrogens (tertiary/aromatic N) is 4. The zero-order chi connectivity index (χ0) is 71.4. The molecular weight excluding hydrogens is 1300 g/mol. The molecule has 5 nitrogen and oxygen atoms in total. The number of hydrogen-bond acceptors (Lipinski definition) is 6. The summed E-state index contributed by atoms with van der Waals surface area (Å²) >= 11 is 2.17. The highest BCUT2D eigenvalue weighted by Crippen LogP contribution is 2.63. The molecule has 8 aliphatic rings. The van der Waals surface area contributed by atoms with Crippen LogP contribution in [0.3, 0.4) is 0 Å². The van der Waals surface area contributed by atoms with Gasteiger partial charge in [0.05, 0.1) is 11.7 Å². The average Bonchev–Trinajstić information content (AvgIpc) is 0.645. The summed E-state index contributed by atoms with van der Waals surface area (Å²) in [6, 6.07) is 108. The predicted octanol–water partition coefficient (Wildman–Crippen LogP) is 23.8. The number of anilines is 6. The molecule has 11 aromatic carbocycles. The molecule has 19 rings (SSSR count). The second kappa shape index (κ2) is 27.2. The number of thioether (sulfide) groups is 1. The Labute approximate surface area is 633 Å². The van der Waals surface area contributed by atoms with E-state index in [1.807, 2.05) is 0 Å². The fraction of sp³-hybridized carbons (Fsp3) is 0.265. The molecule has 0 radical (unpaired) electrons. The van der Waals surface area contributed by atoms with Crippen molar-refractivity contribution in [2.24, 2.45) is 0 Å². The normalized spacial score (nSPS) is 23.3. The molecule has 3 fully saturated rings. The van der Waals surface area contributed by atoms with Crippen molar-refractivity contribution in [3.05, 3.63) is 331 Å². The number of benzene rings is 11. The Hall–Kier alpha value is -9.88. The molecule has 4 heterocycles. The molecule has 1 saturated carbocycles. The van der Waals surface area contributed by atoms with Crippen LogP contribution in [-0.2, 0) is 10.8 Å². The molecule has 2 saturated heterocycles. The minimum Gasteiger partial charge on any atom is -0.458 e. The molecule has 10 unspecified atom stereocenters. The number of para-hydroxylation sites is 5. The first-order valence-electron chi connectivity index (χ1n) is 39.4. The van der Waals surface area contributed by atoms with E-state index >= 15 is 0 Å². The SMILES string of the molecule is CC(C)(C)c1ccc(-c2cccc(-c3ccc(C(C)(C)C)cc3)c2N2C3CC4Sc5cc(N(c6ccc(-c7ccccc7)cc6)C6CCCCC6c6ccccc6)cc6c5B(c5ccccc5O6)C4C=C3B3C4C=CCCC4N(c4ccccc4)C4=CC(N(c5ccccc5)c5ccccc5)CC2C34)cc1. The smallest absolute Gasteiger partial charge is 0.228 e. The highest BCUT2D eigenvalue weighted by atomic mass is 32.2. The van der Waals surface area contributed by atoms with Gasteiger partial charge in [-0.05, 0) is 178 Å². The molecule has 0 N–H and O–H groups in total. The molecule has 10 atom stereocenters. The molecule has 4 aliphatic carbocycles. The van der Waals surface area contributed by atoms with E-state index in [9.17, 15) is 0 Å². The zero-order valence-corrected chi connectivity index (χ0v) is 62.9. The fourth-order valence-electron chi connectivity index (χ4n) is 20.6. The second-order valence-electron chi connectivity index (χ2n) is 33.5. The van der Waals surface area contributed by atoms with Gasteiger partial charge < -0.3 is 24.3 Å². The number of hydrogen-bond donors (Lipinski definition) is 0. The third-order valence-corrected chi connectivity index (χ3v) is 26.8. The zero-order valence-electron chi connectivity index (χ0n) is 62.1. The van der Waals surface area contributed by atoms with Crippen LogP contribution in [0.4, 0.5) is 34.1 Å². The lowest BCUT2D eigenvalue weighted by Gasteiger charge is -2.64. The van der Waals surface area contributed by atoms with Crippen LogP contribution < -0.4 is 35.3 Å². The van der Waals surface area contributed by atoms with Crippen molar-refractivity contribution in [1.82, 2.24) is 0 Å². The molecular formula is C98H94B2N4OS. The summed E-state index contributed by atoms with van der Waals surface area (Å²) in [7, 11) is 0. The van der Waals surface area contributed by atoms with Crippen molar-refractivity contribution in [2.45, 2.75) is 167 Å². The minimum atomic E-state index is -0.00580. The fourth-order valence-corrected chi connectivity index (χ4v) is 22.1. The Morgan fingerprint density at radius 1 is 0.481 bits per heavy atom. The molecule has 106 heavy (non-hydrogen) atoms. The molecule has 0 bridgehead atoms. The van der Waals surface area contributed by atoms with E-state index in [4.69, 9.17) is 4.74 Å². The van der Waals surface area contributed by atoms with E-state index in [1.165, 1.54) is 119 Å². The Morgan fingerprint density at radius 3 is 1.71 bits per heavy atom. The Morgan fingerprint density at radius 2 is 1.06 bits per heavy atom. The number of ether oxygens (including phenoxy) is 1. The predicted molar refractivity (Wildman–Crippen MR) is 450 cm³/mol. The van der Waals surface area contributed by atoms with Crippen LogP contribution in [0, 0.1) is 0 Å². The Bertz CT molecular complexity index is 5020. The maximum atomic E-state index is 7.51. The molecule has 524 valence electrons. The molecule has 4 aliphatic heterocycles. The van der Waals surface area contributed by atoms with Crippen molar-refractivity contribution in [1.29, 1.82) is 0 Å². The lowest BCUT2D eigenvalue weighted by molar-refractivity contribution is 0.381. The highest BCUT2D eigenvalue weighted by Gasteiger charge is 2.63. The van der Waals surface area contributed by atoms with Gasteiger partial charge in [0.15, 0.2) is 6.71 Å². The van der Waals surface area contributed by atoms with Crippen molar-refractivity contribution < 1.29 is 4.74 Å². The first-order valence-corrected chi connectivity index (χ1v) is 40.3. The molecule has 0 amide bonds. The van der Waals surface area contributed by atoms with E-state index in [0.29, 0.717) is 5.92 Å². The van der Waals surface area contributed by atoms with E-state index in [-0.39, 0.29) is 77.2 Å². The van der Waals surface area contributed by atoms with Crippen LogP contribution in [0.1, 0.15) is 116 Å². The van der Waals surface area contributed by atoms with Crippen LogP contribution in [0.5, 0.6) is 11.5 Å². The Kier molecular flexibility index (Phi) is 17.1. The summed E-state index contributed by atoms with van der Waals surface area (Å²) in [5.74, 6) is 2.96. The van der Waals surface area contributed by atoms with E-state index in [0.717, 1.165) is 50.0 Å². The minimum absolute atomic E-state index is 0.00429. The van der Waals surface area contributed by atoms with E-state index < -0.39 is 0 Å². The number of fused-ring (bicyclic) bond motifs is 8. The highest BCUT2D eigenvalue weighted by molar-refractivity contribution is 8.00. The molecule has 11 aromatic rings. The lowest BCUT2D eigenvalue weighted by Crippen LogP contribution is -2.69. The summed E-state index contributed by atoms with van der Waals surface area (Å²) in [4.78, 5) is 12.8. The number of rotatable bonds is 12. The Balaban J connectivity index is 0.851. The van der Waals surface area contributed by atoms with Crippen molar-refractivity contribution in [3.8, 4) is 44.9 Å². The molecule has 8 heteroatoms. The lowest BCUT2D eigenvalue weighted by atomic mass is 9.21. The van der Waals surface area contributed by atoms with Crippen LogP contribution in [0.25, 0.3) is 33.4 Å². The summed E-state index contributed by atoms with van der Waals surface area (Å²) in [5, 5.41) is 0.222. The average molecular weight is 1400 g/mol. The van der Waals surface area contributed by atoms with E-state index in [1.54, 1.807) is 5.47 Å². The van der Waals surface area contributed by atoms with Gasteiger partial charge in [0.25, 0.3) is 0 Å². The first kappa shape index (κ1) is 66.8. The standard InChI is InChI=1S/C98H94B2N4OS/c1-97(2,3)70-53-47-68(48-54-70)79-40-28-41-80(69-49-55-71(56-50-69)98(4,5)6)96(79)104-87-64-92-84(63-83(87)99-81-42-23-26-45-86(81)103(74-37-20-11-21-38-74)88-59-76(60-89(104)94(88)99)101(72-33-16-9-17-34-72)73-35-18-10-19-36-73)100-82-43-24-27-46-90(82)105-91-61-77(62-93(106-92)95(91)100)102(75-57-51-66(52-58-75)65-29-12-7-13-30-65)85-44-25-22-39-78(85)67-31-14-8-15-32-67/h7-21,23-24,27-38,40-43,46-59,61-63,76,78,81,84-87,89,92,94H,22,25-26,39,44-45,60,64H2,1-6H3.